The second kappa shape index (κ2) is 11.5. The fourth-order valence-corrected chi connectivity index (χ4v) is 1.81. The van der Waals surface area contributed by atoms with E-state index in [0.717, 1.165) is 25.1 Å². The Labute approximate surface area is 126 Å². The van der Waals surface area contributed by atoms with Gasteiger partial charge in [-0.2, -0.15) is 0 Å². The lowest BCUT2D eigenvalue weighted by molar-refractivity contribution is 0.0875. The first-order valence-electron chi connectivity index (χ1n) is 7.55. The topological polar surface area (TPSA) is 71.0 Å². The van der Waals surface area contributed by atoms with E-state index in [9.17, 15) is 5.11 Å². The zero-order chi connectivity index (χ0) is 15.3. The summed E-state index contributed by atoms with van der Waals surface area (Å²) in [6.07, 6.45) is 1.33. The minimum absolute atomic E-state index is 0.0583. The molecule has 0 heterocycles. The first-order valence-corrected chi connectivity index (χ1v) is 7.55. The number of hydrogen-bond donors (Lipinski definition) is 3. The van der Waals surface area contributed by atoms with Crippen molar-refractivity contribution in [3.63, 3.8) is 0 Å². The molecular weight excluding hydrogens is 270 g/mol. The Balaban J connectivity index is 2.03. The molecule has 0 saturated heterocycles. The molecule has 1 rings (SSSR count). The maximum absolute atomic E-state index is 9.80. The molecule has 0 aliphatic rings. The highest BCUT2D eigenvalue weighted by molar-refractivity contribution is 5.27. The van der Waals surface area contributed by atoms with Crippen molar-refractivity contribution in [3.8, 4) is 5.75 Å². The third kappa shape index (κ3) is 8.67. The summed E-state index contributed by atoms with van der Waals surface area (Å²) < 4.78 is 10.7. The highest BCUT2D eigenvalue weighted by Crippen LogP contribution is 2.12. The van der Waals surface area contributed by atoms with Crippen LogP contribution >= 0.6 is 0 Å². The average molecular weight is 297 g/mol. The molecule has 0 amide bonds. The lowest BCUT2D eigenvalue weighted by atomic mass is 10.2. The third-order valence-electron chi connectivity index (χ3n) is 3.03. The predicted octanol–water partition coefficient (Wildman–Crippen LogP) is 0.977. The zero-order valence-corrected chi connectivity index (χ0v) is 12.8. The van der Waals surface area contributed by atoms with Gasteiger partial charge in [0.2, 0.25) is 0 Å². The average Bonchev–Trinajstić information content (AvgIpc) is 2.52. The van der Waals surface area contributed by atoms with Gasteiger partial charge in [0.15, 0.2) is 0 Å². The Morgan fingerprint density at radius 3 is 2.62 bits per heavy atom. The molecule has 5 heteroatoms. The van der Waals surface area contributed by atoms with Crippen LogP contribution < -0.4 is 10.1 Å². The highest BCUT2D eigenvalue weighted by atomic mass is 16.5. The maximum Gasteiger partial charge on any atom is 0.119 e. The number of aliphatic hydroxyl groups is 2. The van der Waals surface area contributed by atoms with Crippen molar-refractivity contribution in [2.24, 2.45) is 0 Å². The van der Waals surface area contributed by atoms with Crippen molar-refractivity contribution >= 4 is 0 Å². The summed E-state index contributed by atoms with van der Waals surface area (Å²) in [5, 5.41) is 21.5. The maximum atomic E-state index is 9.80. The van der Waals surface area contributed by atoms with Crippen molar-refractivity contribution in [1.82, 2.24) is 5.32 Å². The van der Waals surface area contributed by atoms with E-state index in [4.69, 9.17) is 14.6 Å². The number of aryl methyl sites for hydroxylation is 1. The van der Waals surface area contributed by atoms with Crippen LogP contribution in [0, 0.1) is 0 Å². The number of benzene rings is 1. The van der Waals surface area contributed by atoms with Crippen molar-refractivity contribution in [1.29, 1.82) is 0 Å². The molecule has 3 N–H and O–H groups in total. The van der Waals surface area contributed by atoms with Gasteiger partial charge in [-0.05, 0) is 37.1 Å². The van der Waals surface area contributed by atoms with E-state index < -0.39 is 6.10 Å². The van der Waals surface area contributed by atoms with Crippen LogP contribution in [-0.2, 0) is 11.2 Å². The summed E-state index contributed by atoms with van der Waals surface area (Å²) >= 11 is 0. The molecule has 0 radical (unpaired) electrons. The Morgan fingerprint density at radius 2 is 1.95 bits per heavy atom. The summed E-state index contributed by atoms with van der Waals surface area (Å²) in [5.74, 6) is 0.781. The molecule has 0 bridgehead atoms. The Hall–Kier alpha value is -1.14. The summed E-state index contributed by atoms with van der Waals surface area (Å²) in [7, 11) is 0. The lowest BCUT2D eigenvalue weighted by Gasteiger charge is -2.13. The molecule has 5 nitrogen and oxygen atoms in total. The molecule has 1 unspecified atom stereocenters. The minimum atomic E-state index is -0.533. The van der Waals surface area contributed by atoms with Gasteiger partial charge in [0, 0.05) is 13.2 Å². The van der Waals surface area contributed by atoms with Crippen LogP contribution in [0.3, 0.4) is 0 Å². The first kappa shape index (κ1) is 17.9. The van der Waals surface area contributed by atoms with Gasteiger partial charge in [-0.3, -0.25) is 0 Å². The Bertz CT molecular complexity index is 356. The van der Waals surface area contributed by atoms with Crippen LogP contribution in [0.1, 0.15) is 18.9 Å². The van der Waals surface area contributed by atoms with Gasteiger partial charge in [-0.25, -0.2) is 0 Å². The molecule has 0 fully saturated rings. The highest BCUT2D eigenvalue weighted by Gasteiger charge is 2.04. The molecule has 1 atom stereocenters. The van der Waals surface area contributed by atoms with Crippen molar-refractivity contribution in [2.75, 3.05) is 39.5 Å². The molecule has 1 aromatic rings. The van der Waals surface area contributed by atoms with Crippen LogP contribution in [0.5, 0.6) is 5.75 Å². The quantitative estimate of drug-likeness (QED) is 0.502. The van der Waals surface area contributed by atoms with E-state index in [-0.39, 0.29) is 13.2 Å². The molecule has 1 aromatic carbocycles. The molecule has 0 aliphatic heterocycles. The zero-order valence-electron chi connectivity index (χ0n) is 12.8. The van der Waals surface area contributed by atoms with Gasteiger partial charge in [0.05, 0.1) is 13.2 Å². The molecule has 0 aromatic heterocycles. The largest absolute Gasteiger partial charge is 0.491 e. The molecular formula is C16H27NO4. The van der Waals surface area contributed by atoms with Crippen molar-refractivity contribution in [3.05, 3.63) is 29.8 Å². The van der Waals surface area contributed by atoms with Gasteiger partial charge >= 0.3 is 0 Å². The number of ether oxygens (including phenoxy) is 2. The van der Waals surface area contributed by atoms with E-state index in [1.165, 1.54) is 5.56 Å². The van der Waals surface area contributed by atoms with Crippen molar-refractivity contribution in [2.45, 2.75) is 25.9 Å². The van der Waals surface area contributed by atoms with Crippen LogP contribution in [-0.4, -0.2) is 55.8 Å². The monoisotopic (exact) mass is 297 g/mol. The second-order valence-electron chi connectivity index (χ2n) is 4.86. The van der Waals surface area contributed by atoms with Crippen LogP contribution in [0.4, 0.5) is 0 Å². The Kier molecular flexibility index (Phi) is 9.82. The normalized spacial score (nSPS) is 12.3. The van der Waals surface area contributed by atoms with Crippen LogP contribution in [0.25, 0.3) is 0 Å². The summed E-state index contributed by atoms with van der Waals surface area (Å²) in [6, 6.07) is 7.92. The first-order chi connectivity index (χ1) is 10.3. The molecule has 120 valence electrons. The number of aliphatic hydroxyl groups excluding tert-OH is 2. The fourth-order valence-electron chi connectivity index (χ4n) is 1.81. The third-order valence-corrected chi connectivity index (χ3v) is 3.03. The van der Waals surface area contributed by atoms with Gasteiger partial charge in [0.1, 0.15) is 18.5 Å². The van der Waals surface area contributed by atoms with E-state index >= 15 is 0 Å². The fraction of sp³-hybridized carbons (Fsp3) is 0.625. The van der Waals surface area contributed by atoms with Gasteiger partial charge in [0.25, 0.3) is 0 Å². The second-order valence-corrected chi connectivity index (χ2v) is 4.86. The molecule has 0 saturated carbocycles. The SMILES string of the molecule is CCc1ccc(OCC(O)CNCCCOCCO)cc1. The van der Waals surface area contributed by atoms with Crippen molar-refractivity contribution < 1.29 is 19.7 Å². The minimum Gasteiger partial charge on any atom is -0.491 e. The predicted molar refractivity (Wildman–Crippen MR) is 82.7 cm³/mol. The van der Waals surface area contributed by atoms with E-state index in [1.54, 1.807) is 0 Å². The van der Waals surface area contributed by atoms with Gasteiger partial charge in [-0.1, -0.05) is 19.1 Å². The molecule has 0 spiro atoms. The van der Waals surface area contributed by atoms with E-state index in [2.05, 4.69) is 12.2 Å². The van der Waals surface area contributed by atoms with E-state index in [1.807, 2.05) is 24.3 Å². The van der Waals surface area contributed by atoms with Gasteiger partial charge in [-0.15, -0.1) is 0 Å². The lowest BCUT2D eigenvalue weighted by Crippen LogP contribution is -2.32. The molecule has 21 heavy (non-hydrogen) atoms. The van der Waals surface area contributed by atoms with Crippen LogP contribution in [0.2, 0.25) is 0 Å². The van der Waals surface area contributed by atoms with E-state index in [0.29, 0.717) is 19.8 Å². The standard InChI is InChI=1S/C16H27NO4/c1-2-14-4-6-16(7-5-14)21-13-15(19)12-17-8-3-10-20-11-9-18/h4-7,15,17-19H,2-3,8-13H2,1H3. The Morgan fingerprint density at radius 1 is 1.19 bits per heavy atom. The summed E-state index contributed by atoms with van der Waals surface area (Å²) in [5.41, 5.74) is 1.27. The molecule has 0 aliphatic carbocycles. The smallest absolute Gasteiger partial charge is 0.119 e. The number of rotatable bonds is 12. The van der Waals surface area contributed by atoms with Crippen LogP contribution in [0.15, 0.2) is 24.3 Å². The number of hydrogen-bond acceptors (Lipinski definition) is 5. The summed E-state index contributed by atoms with van der Waals surface area (Å²) in [6.45, 7) is 4.71. The van der Waals surface area contributed by atoms with Gasteiger partial charge < -0.3 is 25.0 Å². The summed E-state index contributed by atoms with van der Waals surface area (Å²) in [4.78, 5) is 0. The number of nitrogens with one attached hydrogen (secondary N) is 1.